The fourth-order valence-electron chi connectivity index (χ4n) is 1.34. The lowest BCUT2D eigenvalue weighted by Gasteiger charge is -2.09. The molecule has 0 aliphatic carbocycles. The second-order valence-electron chi connectivity index (χ2n) is 3.56. The summed E-state index contributed by atoms with van der Waals surface area (Å²) in [5, 5.41) is 6.39. The van der Waals surface area contributed by atoms with E-state index in [9.17, 15) is 13.2 Å². The number of hydrogen-bond acceptors (Lipinski definition) is 3. The van der Waals surface area contributed by atoms with Crippen LogP contribution in [0.25, 0.3) is 0 Å². The van der Waals surface area contributed by atoms with E-state index in [0.29, 0.717) is 5.82 Å². The van der Waals surface area contributed by atoms with Gasteiger partial charge in [0.15, 0.2) is 5.82 Å². The molecular formula is C10H8ClF3N4. The minimum Gasteiger partial charge on any atom is -0.323 e. The maximum Gasteiger partial charge on any atom is 0.416 e. The van der Waals surface area contributed by atoms with Gasteiger partial charge in [0.25, 0.3) is 0 Å². The second kappa shape index (κ2) is 4.49. The summed E-state index contributed by atoms with van der Waals surface area (Å²) >= 11 is 5.55. The molecule has 8 heteroatoms. The van der Waals surface area contributed by atoms with E-state index in [2.05, 4.69) is 15.4 Å². The molecule has 2 aromatic heterocycles. The quantitative estimate of drug-likeness (QED) is 0.857. The molecule has 0 spiro atoms. The molecule has 2 rings (SSSR count). The van der Waals surface area contributed by atoms with Gasteiger partial charge >= 0.3 is 6.18 Å². The van der Waals surface area contributed by atoms with Crippen molar-refractivity contribution in [3.8, 4) is 0 Å². The first kappa shape index (κ1) is 12.7. The fraction of sp³-hybridized carbons (Fsp3) is 0.200. The van der Waals surface area contributed by atoms with Gasteiger partial charge in [-0.3, -0.25) is 4.68 Å². The molecule has 0 unspecified atom stereocenters. The monoisotopic (exact) mass is 276 g/mol. The molecule has 2 aromatic rings. The first-order chi connectivity index (χ1) is 8.34. The van der Waals surface area contributed by atoms with Crippen LogP contribution in [0.2, 0.25) is 5.15 Å². The van der Waals surface area contributed by atoms with Crippen molar-refractivity contribution in [2.45, 2.75) is 6.18 Å². The number of nitrogens with zero attached hydrogens (tertiary/aromatic N) is 3. The minimum atomic E-state index is -4.47. The van der Waals surface area contributed by atoms with E-state index in [4.69, 9.17) is 11.6 Å². The molecule has 0 aromatic carbocycles. The van der Waals surface area contributed by atoms with Gasteiger partial charge < -0.3 is 5.32 Å². The van der Waals surface area contributed by atoms with Crippen molar-refractivity contribution < 1.29 is 13.2 Å². The lowest BCUT2D eigenvalue weighted by molar-refractivity contribution is -0.137. The molecule has 2 heterocycles. The van der Waals surface area contributed by atoms with Crippen molar-refractivity contribution in [2.75, 3.05) is 5.32 Å². The number of alkyl halides is 3. The molecule has 18 heavy (non-hydrogen) atoms. The summed E-state index contributed by atoms with van der Waals surface area (Å²) in [5.74, 6) is 0.383. The largest absolute Gasteiger partial charge is 0.416 e. The summed E-state index contributed by atoms with van der Waals surface area (Å²) in [6.07, 6.45) is -2.81. The van der Waals surface area contributed by atoms with Gasteiger partial charge in [-0.2, -0.15) is 18.3 Å². The third-order valence-electron chi connectivity index (χ3n) is 2.09. The molecule has 0 fully saturated rings. The zero-order chi connectivity index (χ0) is 13.3. The van der Waals surface area contributed by atoms with Gasteiger partial charge in [-0.15, -0.1) is 0 Å². The fourth-order valence-corrected chi connectivity index (χ4v) is 1.55. The van der Waals surface area contributed by atoms with Crippen molar-refractivity contribution in [3.63, 3.8) is 0 Å². The Morgan fingerprint density at radius 2 is 2.00 bits per heavy atom. The van der Waals surface area contributed by atoms with Crippen LogP contribution in [0, 0.1) is 0 Å². The summed E-state index contributed by atoms with van der Waals surface area (Å²) in [6.45, 7) is 0. The van der Waals surface area contributed by atoms with Crippen LogP contribution in [0.4, 0.5) is 24.8 Å². The van der Waals surface area contributed by atoms with Gasteiger partial charge in [0.05, 0.1) is 5.56 Å². The highest BCUT2D eigenvalue weighted by molar-refractivity contribution is 6.29. The molecule has 0 atom stereocenters. The number of nitrogens with one attached hydrogen (secondary N) is 1. The third-order valence-corrected chi connectivity index (χ3v) is 2.28. The summed E-state index contributed by atoms with van der Waals surface area (Å²) in [4.78, 5) is 3.76. The van der Waals surface area contributed by atoms with Crippen LogP contribution in [0.15, 0.2) is 24.4 Å². The van der Waals surface area contributed by atoms with Gasteiger partial charge in [-0.05, 0) is 12.1 Å². The van der Waals surface area contributed by atoms with Crippen molar-refractivity contribution in [1.29, 1.82) is 0 Å². The van der Waals surface area contributed by atoms with E-state index in [1.807, 2.05) is 0 Å². The van der Waals surface area contributed by atoms with Crippen LogP contribution in [0.3, 0.4) is 0 Å². The molecule has 1 N–H and O–H groups in total. The van der Waals surface area contributed by atoms with Crippen LogP contribution in [0.1, 0.15) is 5.56 Å². The number of hydrogen-bond donors (Lipinski definition) is 1. The Kier molecular flexibility index (Phi) is 3.16. The van der Waals surface area contributed by atoms with Gasteiger partial charge in [0.1, 0.15) is 11.0 Å². The predicted octanol–water partition coefficient (Wildman–Crippen LogP) is 3.23. The Morgan fingerprint density at radius 3 is 2.56 bits per heavy atom. The Bertz CT molecular complexity index is 564. The molecule has 0 amide bonds. The van der Waals surface area contributed by atoms with Gasteiger partial charge in [-0.1, -0.05) is 11.6 Å². The Morgan fingerprint density at radius 1 is 1.28 bits per heavy atom. The smallest absolute Gasteiger partial charge is 0.323 e. The zero-order valence-electron chi connectivity index (χ0n) is 9.16. The highest BCUT2D eigenvalue weighted by Crippen LogP contribution is 2.32. The molecule has 0 saturated carbocycles. The lowest BCUT2D eigenvalue weighted by Crippen LogP contribution is -2.07. The van der Waals surface area contributed by atoms with E-state index in [1.165, 1.54) is 4.68 Å². The number of anilines is 2. The van der Waals surface area contributed by atoms with Crippen LogP contribution >= 0.6 is 11.6 Å². The van der Waals surface area contributed by atoms with Gasteiger partial charge in [-0.25, -0.2) is 4.98 Å². The number of pyridine rings is 1. The average Bonchev–Trinajstić information content (AvgIpc) is 2.61. The van der Waals surface area contributed by atoms with Crippen LogP contribution < -0.4 is 5.32 Å². The molecule has 96 valence electrons. The maximum absolute atomic E-state index is 12.6. The van der Waals surface area contributed by atoms with Crippen molar-refractivity contribution >= 4 is 23.2 Å². The summed E-state index contributed by atoms with van der Waals surface area (Å²) in [7, 11) is 1.69. The standard InChI is InChI=1S/C10H8ClF3N4/c1-18-3-2-8(17-18)16-9-5-6(10(12,13)14)4-7(11)15-9/h2-5H,1H3,(H,15,16,17). The number of aryl methyl sites for hydroxylation is 1. The molecule has 0 aliphatic heterocycles. The Hall–Kier alpha value is -1.76. The minimum absolute atomic E-state index is 0.00600. The first-order valence-corrected chi connectivity index (χ1v) is 5.24. The molecule has 0 bridgehead atoms. The predicted molar refractivity (Wildman–Crippen MR) is 60.7 cm³/mol. The van der Waals surface area contributed by atoms with E-state index in [1.54, 1.807) is 19.3 Å². The van der Waals surface area contributed by atoms with E-state index < -0.39 is 11.7 Å². The molecule has 0 saturated heterocycles. The van der Waals surface area contributed by atoms with Crippen molar-refractivity contribution in [1.82, 2.24) is 14.8 Å². The highest BCUT2D eigenvalue weighted by Gasteiger charge is 2.31. The van der Waals surface area contributed by atoms with Gasteiger partial charge in [0, 0.05) is 19.3 Å². The van der Waals surface area contributed by atoms with Crippen LogP contribution in [-0.2, 0) is 13.2 Å². The van der Waals surface area contributed by atoms with E-state index in [-0.39, 0.29) is 11.0 Å². The Labute approximate surface area is 105 Å². The summed E-state index contributed by atoms with van der Waals surface area (Å²) in [5.41, 5.74) is -0.860. The SMILES string of the molecule is Cn1ccc(Nc2cc(C(F)(F)F)cc(Cl)n2)n1. The van der Waals surface area contributed by atoms with Crippen LogP contribution in [0.5, 0.6) is 0 Å². The highest BCUT2D eigenvalue weighted by atomic mass is 35.5. The van der Waals surface area contributed by atoms with Gasteiger partial charge in [0.2, 0.25) is 0 Å². The topological polar surface area (TPSA) is 42.7 Å². The number of halogens is 4. The van der Waals surface area contributed by atoms with Crippen LogP contribution in [-0.4, -0.2) is 14.8 Å². The summed E-state index contributed by atoms with van der Waals surface area (Å²) in [6, 6.07) is 3.25. The Balaban J connectivity index is 2.31. The second-order valence-corrected chi connectivity index (χ2v) is 3.95. The van der Waals surface area contributed by atoms with Crippen molar-refractivity contribution in [2.24, 2.45) is 7.05 Å². The summed E-state index contributed by atoms with van der Waals surface area (Å²) < 4.78 is 39.2. The van der Waals surface area contributed by atoms with E-state index in [0.717, 1.165) is 12.1 Å². The number of aromatic nitrogens is 3. The molecule has 0 radical (unpaired) electrons. The molecule has 4 nitrogen and oxygen atoms in total. The lowest BCUT2D eigenvalue weighted by atomic mass is 10.2. The third kappa shape index (κ3) is 2.92. The first-order valence-electron chi connectivity index (χ1n) is 4.86. The molecular weight excluding hydrogens is 269 g/mol. The van der Waals surface area contributed by atoms with E-state index >= 15 is 0 Å². The van der Waals surface area contributed by atoms with Crippen molar-refractivity contribution in [3.05, 3.63) is 35.1 Å². The normalized spacial score (nSPS) is 11.6. The number of rotatable bonds is 2. The maximum atomic E-state index is 12.6. The zero-order valence-corrected chi connectivity index (χ0v) is 9.92. The molecule has 0 aliphatic rings. The average molecular weight is 277 g/mol.